The van der Waals surface area contributed by atoms with E-state index < -0.39 is 0 Å². The van der Waals surface area contributed by atoms with Crippen LogP contribution in [0.25, 0.3) is 0 Å². The Labute approximate surface area is 126 Å². The number of hydrogen-bond donors (Lipinski definition) is 2. The molecule has 0 atom stereocenters. The number of nitrogens with one attached hydrogen (secondary N) is 1. The van der Waals surface area contributed by atoms with Crippen molar-refractivity contribution in [3.8, 4) is 0 Å². The Hall–Kier alpha value is -0.970. The van der Waals surface area contributed by atoms with Crippen LogP contribution in [0, 0.1) is 0 Å². The highest BCUT2D eigenvalue weighted by molar-refractivity contribution is 8.00. The fourth-order valence-corrected chi connectivity index (χ4v) is 3.53. The fraction of sp³-hybridized carbons (Fsp3) is 0.733. The van der Waals surface area contributed by atoms with E-state index in [4.69, 9.17) is 5.73 Å². The Balaban J connectivity index is 2.11. The van der Waals surface area contributed by atoms with Gasteiger partial charge in [-0.2, -0.15) is 11.8 Å². The highest BCUT2D eigenvalue weighted by Gasteiger charge is 2.32. The molecule has 4 nitrogen and oxygen atoms in total. The Morgan fingerprint density at radius 2 is 1.95 bits per heavy atom. The largest absolute Gasteiger partial charge is 0.384 e. The summed E-state index contributed by atoms with van der Waals surface area (Å²) in [7, 11) is 0. The van der Waals surface area contributed by atoms with E-state index in [-0.39, 0.29) is 5.41 Å². The van der Waals surface area contributed by atoms with Crippen LogP contribution in [0.3, 0.4) is 0 Å². The maximum Gasteiger partial charge on any atom is 0.138 e. The molecule has 1 aliphatic rings. The second-order valence-corrected chi connectivity index (χ2v) is 7.97. The molecule has 1 aromatic heterocycles. The third kappa shape index (κ3) is 3.57. The van der Waals surface area contributed by atoms with E-state index in [1.54, 1.807) is 0 Å². The third-order valence-corrected chi connectivity index (χ3v) is 5.37. The molecule has 0 unspecified atom stereocenters. The number of thioether (sulfide) groups is 1. The average Bonchev–Trinajstić information content (AvgIpc) is 2.84. The lowest BCUT2D eigenvalue weighted by atomic mass is 9.96. The molecular weight excluding hydrogens is 268 g/mol. The van der Waals surface area contributed by atoms with Crippen molar-refractivity contribution in [2.45, 2.75) is 56.6 Å². The van der Waals surface area contributed by atoms with Gasteiger partial charge in [-0.05, 0) is 19.1 Å². The molecule has 3 N–H and O–H groups in total. The van der Waals surface area contributed by atoms with Crippen LogP contribution in [0.1, 0.15) is 52.3 Å². The Morgan fingerprint density at radius 3 is 2.50 bits per heavy atom. The minimum Gasteiger partial charge on any atom is -0.384 e. The van der Waals surface area contributed by atoms with Crippen LogP contribution in [0.5, 0.6) is 0 Å². The van der Waals surface area contributed by atoms with Crippen LogP contribution in [0.4, 0.5) is 11.6 Å². The quantitative estimate of drug-likeness (QED) is 0.890. The number of hydrogen-bond acceptors (Lipinski definition) is 5. The lowest BCUT2D eigenvalue weighted by molar-refractivity contribution is 0.546. The van der Waals surface area contributed by atoms with E-state index in [2.05, 4.69) is 42.3 Å². The van der Waals surface area contributed by atoms with Crippen LogP contribution in [-0.4, -0.2) is 27.5 Å². The van der Waals surface area contributed by atoms with E-state index >= 15 is 0 Å². The highest BCUT2D eigenvalue weighted by atomic mass is 32.2. The monoisotopic (exact) mass is 294 g/mol. The van der Waals surface area contributed by atoms with E-state index in [1.165, 1.54) is 25.7 Å². The second-order valence-electron chi connectivity index (χ2n) is 6.70. The molecule has 0 amide bonds. The average molecular weight is 294 g/mol. The van der Waals surface area contributed by atoms with Gasteiger partial charge >= 0.3 is 0 Å². The molecule has 0 saturated heterocycles. The van der Waals surface area contributed by atoms with Crippen molar-refractivity contribution >= 4 is 23.4 Å². The topological polar surface area (TPSA) is 63.8 Å². The Bertz CT molecular complexity index is 461. The van der Waals surface area contributed by atoms with Crippen molar-refractivity contribution in [2.24, 2.45) is 0 Å². The first-order valence-corrected chi connectivity index (χ1v) is 8.51. The van der Waals surface area contributed by atoms with Crippen LogP contribution in [0.15, 0.2) is 6.07 Å². The van der Waals surface area contributed by atoms with Gasteiger partial charge in [-0.15, -0.1) is 0 Å². The predicted octanol–water partition coefficient (Wildman–Crippen LogP) is 3.44. The molecule has 1 fully saturated rings. The van der Waals surface area contributed by atoms with Gasteiger partial charge in [0, 0.05) is 22.8 Å². The van der Waals surface area contributed by atoms with E-state index in [0.29, 0.717) is 10.6 Å². The van der Waals surface area contributed by atoms with E-state index in [9.17, 15) is 0 Å². The summed E-state index contributed by atoms with van der Waals surface area (Å²) in [5.74, 6) is 2.18. The first-order valence-electron chi connectivity index (χ1n) is 7.29. The van der Waals surface area contributed by atoms with Crippen molar-refractivity contribution in [1.82, 2.24) is 9.97 Å². The number of anilines is 2. The highest BCUT2D eigenvalue weighted by Crippen LogP contribution is 2.40. The zero-order valence-corrected chi connectivity index (χ0v) is 13.8. The lowest BCUT2D eigenvalue weighted by Crippen LogP contribution is -2.30. The maximum absolute atomic E-state index is 5.91. The molecule has 5 heteroatoms. The Kier molecular flexibility index (Phi) is 4.47. The molecule has 0 bridgehead atoms. The summed E-state index contributed by atoms with van der Waals surface area (Å²) < 4.78 is 0.363. The fourth-order valence-electron chi connectivity index (χ4n) is 2.62. The van der Waals surface area contributed by atoms with Gasteiger partial charge in [0.1, 0.15) is 17.5 Å². The van der Waals surface area contributed by atoms with Gasteiger partial charge in [0.25, 0.3) is 0 Å². The standard InChI is InChI=1S/C15H26N4S/c1-14(2,3)13-18-11(16)9-12(19-13)17-10-15(20-4)7-5-6-8-15/h9H,5-8,10H2,1-4H3,(H3,16,17,18,19). The number of nitrogens with two attached hydrogens (primary N) is 1. The summed E-state index contributed by atoms with van der Waals surface area (Å²) in [6, 6.07) is 1.83. The third-order valence-electron chi connectivity index (χ3n) is 3.96. The molecule has 1 heterocycles. The van der Waals surface area contributed by atoms with E-state index in [0.717, 1.165) is 18.2 Å². The zero-order chi connectivity index (χ0) is 14.8. The van der Waals surface area contributed by atoms with Gasteiger partial charge in [0.15, 0.2) is 0 Å². The summed E-state index contributed by atoms with van der Waals surface area (Å²) in [5.41, 5.74) is 5.82. The molecule has 0 spiro atoms. The number of rotatable bonds is 4. The zero-order valence-electron chi connectivity index (χ0n) is 13.0. The van der Waals surface area contributed by atoms with Crippen LogP contribution >= 0.6 is 11.8 Å². The van der Waals surface area contributed by atoms with Gasteiger partial charge in [0.2, 0.25) is 0 Å². The number of nitrogen functional groups attached to an aromatic ring is 1. The van der Waals surface area contributed by atoms with Crippen molar-refractivity contribution in [3.63, 3.8) is 0 Å². The molecule has 0 aromatic carbocycles. The van der Waals surface area contributed by atoms with Gasteiger partial charge in [-0.1, -0.05) is 33.6 Å². The minimum atomic E-state index is -0.0869. The van der Waals surface area contributed by atoms with Crippen molar-refractivity contribution in [2.75, 3.05) is 23.9 Å². The van der Waals surface area contributed by atoms with Crippen molar-refractivity contribution in [3.05, 3.63) is 11.9 Å². The number of nitrogens with zero attached hydrogens (tertiary/aromatic N) is 2. The van der Waals surface area contributed by atoms with Crippen LogP contribution < -0.4 is 11.1 Å². The molecule has 0 radical (unpaired) electrons. The van der Waals surface area contributed by atoms with E-state index in [1.807, 2.05) is 17.8 Å². The Morgan fingerprint density at radius 1 is 1.30 bits per heavy atom. The molecular formula is C15H26N4S. The summed E-state index contributed by atoms with van der Waals surface area (Å²) in [6.45, 7) is 7.26. The summed E-state index contributed by atoms with van der Waals surface area (Å²) in [5, 5.41) is 3.48. The summed E-state index contributed by atoms with van der Waals surface area (Å²) in [4.78, 5) is 8.96. The first kappa shape index (κ1) is 15.4. The first-order chi connectivity index (χ1) is 9.35. The molecule has 20 heavy (non-hydrogen) atoms. The normalized spacial score (nSPS) is 18.2. The molecule has 0 aliphatic heterocycles. The van der Waals surface area contributed by atoms with Gasteiger partial charge < -0.3 is 11.1 Å². The maximum atomic E-state index is 5.91. The molecule has 112 valence electrons. The lowest BCUT2D eigenvalue weighted by Gasteiger charge is -2.27. The van der Waals surface area contributed by atoms with Gasteiger partial charge in [-0.25, -0.2) is 9.97 Å². The molecule has 1 aliphatic carbocycles. The minimum absolute atomic E-state index is 0.0869. The smallest absolute Gasteiger partial charge is 0.138 e. The summed E-state index contributed by atoms with van der Waals surface area (Å²) in [6.07, 6.45) is 7.45. The molecule has 2 rings (SSSR count). The van der Waals surface area contributed by atoms with Crippen LogP contribution in [-0.2, 0) is 5.41 Å². The predicted molar refractivity (Wildman–Crippen MR) is 88.3 cm³/mol. The van der Waals surface area contributed by atoms with Crippen molar-refractivity contribution < 1.29 is 0 Å². The molecule has 1 aromatic rings. The SMILES string of the molecule is CSC1(CNc2cc(N)nc(C(C)(C)C)n2)CCCC1. The van der Waals surface area contributed by atoms with Gasteiger partial charge in [0.05, 0.1) is 0 Å². The van der Waals surface area contributed by atoms with Crippen molar-refractivity contribution in [1.29, 1.82) is 0 Å². The van der Waals surface area contributed by atoms with Gasteiger partial charge in [-0.3, -0.25) is 0 Å². The second kappa shape index (κ2) is 5.80. The van der Waals surface area contributed by atoms with Crippen LogP contribution in [0.2, 0.25) is 0 Å². The summed E-state index contributed by atoms with van der Waals surface area (Å²) >= 11 is 1.98. The number of aromatic nitrogens is 2. The molecule has 1 saturated carbocycles.